The number of nitrogens with two attached hydrogens (primary N) is 1. The molecule has 1 aliphatic carbocycles. The normalized spacial score (nSPS) is 14.9. The minimum Gasteiger partial charge on any atom is -0.398 e. The topological polar surface area (TPSA) is 64.9 Å². The number of thioether (sulfide) groups is 1. The highest BCUT2D eigenvalue weighted by atomic mass is 32.2. The number of benzene rings is 1. The minimum absolute atomic E-state index is 0.326. The lowest BCUT2D eigenvalue weighted by molar-refractivity contribution is 0.375. The van der Waals surface area contributed by atoms with Crippen LogP contribution in [0.3, 0.4) is 0 Å². The maximum Gasteiger partial charge on any atom is 0.229 e. The zero-order valence-corrected chi connectivity index (χ0v) is 10.4. The van der Waals surface area contributed by atoms with Gasteiger partial charge in [0.15, 0.2) is 5.82 Å². The molecule has 94 valence electrons. The number of halogens is 1. The van der Waals surface area contributed by atoms with Crippen molar-refractivity contribution in [2.45, 2.75) is 29.4 Å². The summed E-state index contributed by atoms with van der Waals surface area (Å²) in [5, 5.41) is 3.92. The zero-order chi connectivity index (χ0) is 12.5. The lowest BCUT2D eigenvalue weighted by atomic mass is 10.3. The van der Waals surface area contributed by atoms with Gasteiger partial charge in [0, 0.05) is 16.5 Å². The molecule has 3 rings (SSSR count). The molecule has 18 heavy (non-hydrogen) atoms. The van der Waals surface area contributed by atoms with Crippen LogP contribution in [0.4, 0.5) is 10.1 Å². The van der Waals surface area contributed by atoms with Crippen LogP contribution in [0.5, 0.6) is 0 Å². The van der Waals surface area contributed by atoms with E-state index in [0.717, 1.165) is 23.6 Å². The second-order valence-electron chi connectivity index (χ2n) is 4.29. The lowest BCUT2D eigenvalue weighted by Gasteiger charge is -2.02. The molecule has 2 aromatic rings. The van der Waals surface area contributed by atoms with Crippen LogP contribution in [0.1, 0.15) is 30.5 Å². The van der Waals surface area contributed by atoms with E-state index < -0.39 is 0 Å². The van der Waals surface area contributed by atoms with Crippen molar-refractivity contribution in [2.24, 2.45) is 0 Å². The molecule has 0 atom stereocenters. The van der Waals surface area contributed by atoms with E-state index in [0.29, 0.717) is 23.2 Å². The maximum atomic E-state index is 12.9. The number of anilines is 1. The molecule has 1 heterocycles. The first kappa shape index (κ1) is 11.5. The third kappa shape index (κ3) is 2.48. The summed E-state index contributed by atoms with van der Waals surface area (Å²) >= 11 is 1.48. The number of aromatic nitrogens is 2. The third-order valence-corrected chi connectivity index (χ3v) is 3.82. The molecule has 0 radical (unpaired) electrons. The Labute approximate surface area is 108 Å². The molecule has 0 amide bonds. The van der Waals surface area contributed by atoms with Gasteiger partial charge >= 0.3 is 0 Å². The van der Waals surface area contributed by atoms with Crippen molar-refractivity contribution in [1.82, 2.24) is 10.1 Å². The summed E-state index contributed by atoms with van der Waals surface area (Å²) in [7, 11) is 0. The molecule has 0 aliphatic heterocycles. The SMILES string of the molecule is Nc1cc(F)ccc1SCc1noc(C2CC2)n1. The van der Waals surface area contributed by atoms with Gasteiger partial charge in [-0.2, -0.15) is 4.98 Å². The van der Waals surface area contributed by atoms with Crippen LogP contribution in [0.15, 0.2) is 27.6 Å². The van der Waals surface area contributed by atoms with E-state index in [1.807, 2.05) is 0 Å². The number of nitrogens with zero attached hydrogens (tertiary/aromatic N) is 2. The monoisotopic (exact) mass is 265 g/mol. The van der Waals surface area contributed by atoms with Crippen LogP contribution in [0.25, 0.3) is 0 Å². The highest BCUT2D eigenvalue weighted by molar-refractivity contribution is 7.98. The summed E-state index contributed by atoms with van der Waals surface area (Å²) in [5.41, 5.74) is 6.16. The van der Waals surface area contributed by atoms with E-state index in [-0.39, 0.29) is 5.82 Å². The van der Waals surface area contributed by atoms with Crippen molar-refractivity contribution >= 4 is 17.4 Å². The number of rotatable bonds is 4. The van der Waals surface area contributed by atoms with Gasteiger partial charge in [0.2, 0.25) is 5.89 Å². The molecule has 6 heteroatoms. The van der Waals surface area contributed by atoms with Gasteiger partial charge in [-0.05, 0) is 31.0 Å². The zero-order valence-electron chi connectivity index (χ0n) is 9.60. The van der Waals surface area contributed by atoms with E-state index in [1.54, 1.807) is 6.07 Å². The van der Waals surface area contributed by atoms with Crippen molar-refractivity contribution in [3.8, 4) is 0 Å². The molecule has 0 bridgehead atoms. The smallest absolute Gasteiger partial charge is 0.229 e. The fraction of sp³-hybridized carbons (Fsp3) is 0.333. The summed E-state index contributed by atoms with van der Waals surface area (Å²) in [6.45, 7) is 0. The first-order chi connectivity index (χ1) is 8.72. The standard InChI is InChI=1S/C12H12FN3OS/c13-8-3-4-10(9(14)5-8)18-6-11-15-12(17-16-11)7-1-2-7/h3-5,7H,1-2,6,14H2. The van der Waals surface area contributed by atoms with E-state index in [4.69, 9.17) is 10.3 Å². The molecule has 2 N–H and O–H groups in total. The number of hydrogen-bond donors (Lipinski definition) is 1. The van der Waals surface area contributed by atoms with Crippen LogP contribution < -0.4 is 5.73 Å². The van der Waals surface area contributed by atoms with Gasteiger partial charge in [0.05, 0.1) is 5.75 Å². The fourth-order valence-electron chi connectivity index (χ4n) is 1.62. The summed E-state index contributed by atoms with van der Waals surface area (Å²) < 4.78 is 18.0. The molecule has 0 saturated heterocycles. The quantitative estimate of drug-likeness (QED) is 0.680. The molecule has 0 unspecified atom stereocenters. The van der Waals surface area contributed by atoms with Gasteiger partial charge in [0.1, 0.15) is 5.82 Å². The molecule has 1 aromatic carbocycles. The molecule has 1 fully saturated rings. The molecule has 1 saturated carbocycles. The largest absolute Gasteiger partial charge is 0.398 e. The Bertz CT molecular complexity index is 568. The first-order valence-corrected chi connectivity index (χ1v) is 6.71. The van der Waals surface area contributed by atoms with Crippen LogP contribution in [0, 0.1) is 5.82 Å². The second-order valence-corrected chi connectivity index (χ2v) is 5.31. The van der Waals surface area contributed by atoms with Crippen LogP contribution in [-0.4, -0.2) is 10.1 Å². The Balaban J connectivity index is 1.65. The molecule has 1 aromatic heterocycles. The van der Waals surface area contributed by atoms with E-state index >= 15 is 0 Å². The average Bonchev–Trinajstić information content (AvgIpc) is 3.08. The first-order valence-electron chi connectivity index (χ1n) is 5.72. The Hall–Kier alpha value is -1.56. The Morgan fingerprint density at radius 2 is 2.28 bits per heavy atom. The van der Waals surface area contributed by atoms with E-state index in [2.05, 4.69) is 10.1 Å². The molecule has 1 aliphatic rings. The Morgan fingerprint density at radius 1 is 1.44 bits per heavy atom. The van der Waals surface area contributed by atoms with Gasteiger partial charge < -0.3 is 10.3 Å². The van der Waals surface area contributed by atoms with Gasteiger partial charge in [-0.25, -0.2) is 4.39 Å². The Morgan fingerprint density at radius 3 is 3.00 bits per heavy atom. The van der Waals surface area contributed by atoms with Crippen molar-refractivity contribution < 1.29 is 8.91 Å². The molecule has 4 nitrogen and oxygen atoms in total. The number of nitrogen functional groups attached to an aromatic ring is 1. The maximum absolute atomic E-state index is 12.9. The second kappa shape index (κ2) is 4.61. The van der Waals surface area contributed by atoms with E-state index in [9.17, 15) is 4.39 Å². The van der Waals surface area contributed by atoms with Crippen LogP contribution in [-0.2, 0) is 5.75 Å². The number of hydrogen-bond acceptors (Lipinski definition) is 5. The Kier molecular flexibility index (Phi) is 2.95. The molecule has 0 spiro atoms. The van der Waals surface area contributed by atoms with Gasteiger partial charge in [0.25, 0.3) is 0 Å². The van der Waals surface area contributed by atoms with Crippen LogP contribution in [0.2, 0.25) is 0 Å². The van der Waals surface area contributed by atoms with Gasteiger partial charge in [-0.3, -0.25) is 0 Å². The third-order valence-electron chi connectivity index (χ3n) is 2.74. The van der Waals surface area contributed by atoms with Crippen molar-refractivity contribution in [3.05, 3.63) is 35.7 Å². The van der Waals surface area contributed by atoms with Crippen molar-refractivity contribution in [3.63, 3.8) is 0 Å². The predicted molar refractivity (Wildman–Crippen MR) is 66.6 cm³/mol. The highest BCUT2D eigenvalue weighted by Gasteiger charge is 2.29. The van der Waals surface area contributed by atoms with Gasteiger partial charge in [-0.1, -0.05) is 5.16 Å². The van der Waals surface area contributed by atoms with Crippen molar-refractivity contribution in [2.75, 3.05) is 5.73 Å². The van der Waals surface area contributed by atoms with E-state index in [1.165, 1.54) is 23.9 Å². The van der Waals surface area contributed by atoms with Gasteiger partial charge in [-0.15, -0.1) is 11.8 Å². The predicted octanol–water partition coefficient (Wildman–Crippen LogP) is 2.96. The minimum atomic E-state index is -0.326. The molecular formula is C12H12FN3OS. The summed E-state index contributed by atoms with van der Waals surface area (Å²) in [6, 6.07) is 4.37. The average molecular weight is 265 g/mol. The summed E-state index contributed by atoms with van der Waals surface area (Å²) in [6.07, 6.45) is 2.28. The highest BCUT2D eigenvalue weighted by Crippen LogP contribution is 2.39. The van der Waals surface area contributed by atoms with Crippen LogP contribution >= 0.6 is 11.8 Å². The van der Waals surface area contributed by atoms with Crippen molar-refractivity contribution in [1.29, 1.82) is 0 Å². The summed E-state index contributed by atoms with van der Waals surface area (Å²) in [5.74, 6) is 2.11. The molecular weight excluding hydrogens is 253 g/mol. The summed E-state index contributed by atoms with van der Waals surface area (Å²) in [4.78, 5) is 5.15. The fourth-order valence-corrected chi connectivity index (χ4v) is 2.41. The lowest BCUT2D eigenvalue weighted by Crippen LogP contribution is -1.91.